The van der Waals surface area contributed by atoms with Crippen molar-refractivity contribution in [2.45, 2.75) is 20.4 Å². The van der Waals surface area contributed by atoms with Crippen LogP contribution in [-0.2, 0) is 11.3 Å². The van der Waals surface area contributed by atoms with Gasteiger partial charge in [0.2, 0.25) is 0 Å². The maximum Gasteiger partial charge on any atom is 0.273 e. The smallest absolute Gasteiger partial charge is 0.273 e. The lowest BCUT2D eigenvalue weighted by atomic mass is 10.1. The number of hydrogen-bond acceptors (Lipinski definition) is 5. The molecule has 2 aromatic heterocycles. The van der Waals surface area contributed by atoms with E-state index in [0.29, 0.717) is 22.7 Å². The highest BCUT2D eigenvalue weighted by atomic mass is 16.5. The van der Waals surface area contributed by atoms with Crippen molar-refractivity contribution in [1.82, 2.24) is 20.5 Å². The van der Waals surface area contributed by atoms with Gasteiger partial charge < -0.3 is 14.4 Å². The standard InChI is InChI=1S/C16H19N5O2/c1-9-5-14(20-23-9)15-13(16(22)19-18-15)7-12-6-11(8-21(3)4)10(2)17-12/h5-7,17H,8H2,1-4H3,(H,19,22)/b13-7+. The highest BCUT2D eigenvalue weighted by molar-refractivity contribution is 6.32. The molecule has 23 heavy (non-hydrogen) atoms. The molecule has 0 aliphatic carbocycles. The zero-order valence-corrected chi connectivity index (χ0v) is 13.6. The van der Waals surface area contributed by atoms with Crippen LogP contribution >= 0.6 is 0 Å². The first-order valence-corrected chi connectivity index (χ1v) is 7.31. The van der Waals surface area contributed by atoms with Crippen molar-refractivity contribution in [3.05, 3.63) is 46.1 Å². The molecular weight excluding hydrogens is 294 g/mol. The second kappa shape index (κ2) is 5.85. The van der Waals surface area contributed by atoms with Crippen molar-refractivity contribution >= 4 is 17.7 Å². The number of H-pyrrole nitrogens is 1. The molecular formula is C16H19N5O2. The number of hydrazone groups is 1. The first kappa shape index (κ1) is 15.2. The Kier molecular flexibility index (Phi) is 3.87. The molecule has 0 atom stereocenters. The van der Waals surface area contributed by atoms with Crippen molar-refractivity contribution < 1.29 is 9.32 Å². The Hall–Kier alpha value is -2.67. The van der Waals surface area contributed by atoms with Crippen LogP contribution in [0.15, 0.2) is 27.3 Å². The Bertz CT molecular complexity index is 810. The average molecular weight is 313 g/mol. The fraction of sp³-hybridized carbons (Fsp3) is 0.312. The minimum absolute atomic E-state index is 0.248. The molecule has 1 amide bonds. The van der Waals surface area contributed by atoms with Crippen LogP contribution in [0, 0.1) is 13.8 Å². The summed E-state index contributed by atoms with van der Waals surface area (Å²) in [5.41, 5.74) is 7.12. The number of aryl methyl sites for hydroxylation is 2. The predicted octanol–water partition coefficient (Wildman–Crippen LogP) is 1.60. The third-order valence-electron chi connectivity index (χ3n) is 3.57. The largest absolute Gasteiger partial charge is 0.361 e. The zero-order valence-electron chi connectivity index (χ0n) is 13.6. The van der Waals surface area contributed by atoms with Gasteiger partial charge in [0.05, 0.1) is 5.57 Å². The maximum absolute atomic E-state index is 12.1. The van der Waals surface area contributed by atoms with Gasteiger partial charge in [0.1, 0.15) is 17.2 Å². The molecule has 3 rings (SSSR count). The Morgan fingerprint density at radius 2 is 2.09 bits per heavy atom. The highest BCUT2D eigenvalue weighted by Crippen LogP contribution is 2.19. The van der Waals surface area contributed by atoms with Crippen LogP contribution in [-0.4, -0.2) is 40.8 Å². The summed E-state index contributed by atoms with van der Waals surface area (Å²) >= 11 is 0. The molecule has 0 aromatic carbocycles. The molecule has 3 heterocycles. The Labute approximate surface area is 134 Å². The molecule has 2 N–H and O–H groups in total. The molecule has 0 fully saturated rings. The number of aromatic nitrogens is 2. The molecule has 120 valence electrons. The van der Waals surface area contributed by atoms with E-state index >= 15 is 0 Å². The van der Waals surface area contributed by atoms with Gasteiger partial charge in [0.25, 0.3) is 5.91 Å². The predicted molar refractivity (Wildman–Crippen MR) is 86.8 cm³/mol. The summed E-state index contributed by atoms with van der Waals surface area (Å²) in [6.07, 6.45) is 1.79. The van der Waals surface area contributed by atoms with E-state index in [9.17, 15) is 4.79 Å². The van der Waals surface area contributed by atoms with Crippen LogP contribution in [0.25, 0.3) is 6.08 Å². The van der Waals surface area contributed by atoms with E-state index in [1.165, 1.54) is 5.56 Å². The van der Waals surface area contributed by atoms with E-state index in [1.807, 2.05) is 27.1 Å². The Morgan fingerprint density at radius 3 is 2.74 bits per heavy atom. The van der Waals surface area contributed by atoms with E-state index in [1.54, 1.807) is 19.1 Å². The van der Waals surface area contributed by atoms with Gasteiger partial charge in [-0.3, -0.25) is 4.79 Å². The lowest BCUT2D eigenvalue weighted by Gasteiger charge is -2.07. The van der Waals surface area contributed by atoms with Crippen LogP contribution in [0.3, 0.4) is 0 Å². The van der Waals surface area contributed by atoms with Crippen LogP contribution in [0.2, 0.25) is 0 Å². The van der Waals surface area contributed by atoms with Crippen LogP contribution < -0.4 is 5.43 Å². The molecule has 0 saturated heterocycles. The molecule has 7 nitrogen and oxygen atoms in total. The van der Waals surface area contributed by atoms with Gasteiger partial charge in [-0.2, -0.15) is 5.10 Å². The van der Waals surface area contributed by atoms with Gasteiger partial charge >= 0.3 is 0 Å². The number of hydrogen-bond donors (Lipinski definition) is 2. The minimum atomic E-state index is -0.248. The molecule has 0 unspecified atom stereocenters. The summed E-state index contributed by atoms with van der Waals surface area (Å²) in [6, 6.07) is 3.80. The zero-order chi connectivity index (χ0) is 16.6. The number of aromatic amines is 1. The van der Waals surface area contributed by atoms with Gasteiger partial charge in [-0.1, -0.05) is 5.16 Å². The highest BCUT2D eigenvalue weighted by Gasteiger charge is 2.26. The van der Waals surface area contributed by atoms with Crippen LogP contribution in [0.1, 0.15) is 28.4 Å². The molecule has 0 spiro atoms. The van der Waals surface area contributed by atoms with E-state index in [4.69, 9.17) is 4.52 Å². The van der Waals surface area contributed by atoms with E-state index < -0.39 is 0 Å². The van der Waals surface area contributed by atoms with Crippen LogP contribution in [0.4, 0.5) is 0 Å². The minimum Gasteiger partial charge on any atom is -0.361 e. The summed E-state index contributed by atoms with van der Waals surface area (Å²) in [4.78, 5) is 17.5. The number of carbonyl (C=O) groups is 1. The molecule has 7 heteroatoms. The quantitative estimate of drug-likeness (QED) is 0.839. The van der Waals surface area contributed by atoms with Crippen molar-refractivity contribution in [2.24, 2.45) is 5.10 Å². The fourth-order valence-electron chi connectivity index (χ4n) is 2.51. The first-order valence-electron chi connectivity index (χ1n) is 7.31. The van der Waals surface area contributed by atoms with Crippen molar-refractivity contribution in [2.75, 3.05) is 14.1 Å². The van der Waals surface area contributed by atoms with Gasteiger partial charge in [0, 0.05) is 24.0 Å². The van der Waals surface area contributed by atoms with Crippen LogP contribution in [0.5, 0.6) is 0 Å². The molecule has 1 aliphatic rings. The molecule has 2 aromatic rings. The average Bonchev–Trinajstić information content (AvgIpc) is 3.13. The SMILES string of the molecule is Cc1cc(C2=NNC(=O)/C2=C/c2cc(CN(C)C)c(C)[nH]2)no1. The van der Waals surface area contributed by atoms with E-state index in [2.05, 4.69) is 25.6 Å². The third kappa shape index (κ3) is 3.09. The second-order valence-electron chi connectivity index (χ2n) is 5.89. The van der Waals surface area contributed by atoms with Gasteiger partial charge in [-0.15, -0.1) is 0 Å². The first-order chi connectivity index (χ1) is 10.9. The number of carbonyl (C=O) groups excluding carboxylic acids is 1. The van der Waals surface area contributed by atoms with Crippen molar-refractivity contribution in [1.29, 1.82) is 0 Å². The summed E-state index contributed by atoms with van der Waals surface area (Å²) in [6.45, 7) is 4.65. The summed E-state index contributed by atoms with van der Waals surface area (Å²) < 4.78 is 5.07. The van der Waals surface area contributed by atoms with E-state index in [-0.39, 0.29) is 5.91 Å². The van der Waals surface area contributed by atoms with Gasteiger partial charge in [-0.25, -0.2) is 5.43 Å². The lowest BCUT2D eigenvalue weighted by Crippen LogP contribution is -2.13. The number of nitrogens with zero attached hydrogens (tertiary/aromatic N) is 3. The van der Waals surface area contributed by atoms with Gasteiger partial charge in [0.15, 0.2) is 0 Å². The second-order valence-corrected chi connectivity index (χ2v) is 5.89. The number of nitrogens with one attached hydrogen (secondary N) is 2. The molecule has 0 bridgehead atoms. The number of amides is 1. The normalized spacial score (nSPS) is 16.3. The molecule has 0 radical (unpaired) electrons. The molecule has 1 aliphatic heterocycles. The maximum atomic E-state index is 12.1. The summed E-state index contributed by atoms with van der Waals surface area (Å²) in [5.74, 6) is 0.424. The number of rotatable bonds is 4. The monoisotopic (exact) mass is 313 g/mol. The summed E-state index contributed by atoms with van der Waals surface area (Å²) in [5, 5.41) is 7.99. The topological polar surface area (TPSA) is 86.5 Å². The summed E-state index contributed by atoms with van der Waals surface area (Å²) in [7, 11) is 4.04. The lowest BCUT2D eigenvalue weighted by molar-refractivity contribution is -0.116. The third-order valence-corrected chi connectivity index (χ3v) is 3.57. The fourth-order valence-corrected chi connectivity index (χ4v) is 2.51. The van der Waals surface area contributed by atoms with Crippen molar-refractivity contribution in [3.8, 4) is 0 Å². The Balaban J connectivity index is 1.94. The Morgan fingerprint density at radius 1 is 1.30 bits per heavy atom. The molecule has 0 saturated carbocycles. The van der Waals surface area contributed by atoms with Gasteiger partial charge in [-0.05, 0) is 45.6 Å². The van der Waals surface area contributed by atoms with E-state index in [0.717, 1.165) is 17.9 Å². The van der Waals surface area contributed by atoms with Crippen molar-refractivity contribution in [3.63, 3.8) is 0 Å².